The quantitative estimate of drug-likeness (QED) is 0.826. The van der Waals surface area contributed by atoms with Gasteiger partial charge in [-0.1, -0.05) is 25.3 Å². The van der Waals surface area contributed by atoms with Gasteiger partial charge in [-0.2, -0.15) is 0 Å². The molecule has 1 amide bonds. The van der Waals surface area contributed by atoms with E-state index in [1.165, 1.54) is 6.42 Å². The minimum Gasteiger partial charge on any atom is -0.393 e. The highest BCUT2D eigenvalue weighted by atomic mass is 16.5. The molecule has 4 rings (SSSR count). The predicted molar refractivity (Wildman–Crippen MR) is 102 cm³/mol. The Balaban J connectivity index is 1.56. The fourth-order valence-electron chi connectivity index (χ4n) is 4.99. The van der Waals surface area contributed by atoms with Crippen molar-refractivity contribution in [3.05, 3.63) is 30.1 Å². The summed E-state index contributed by atoms with van der Waals surface area (Å²) in [4.78, 5) is 20.5. The van der Waals surface area contributed by atoms with Crippen LogP contribution in [0.5, 0.6) is 0 Å². The minimum absolute atomic E-state index is 0.123. The fraction of sp³-hybridized carbons (Fsp3) is 0.714. The number of aromatic nitrogens is 1. The SMILES string of the molecule is O=C(N[C@@H](c1ccccn1)C1CC(O)C1)C1(N2CCOCC2)CCCCC1. The van der Waals surface area contributed by atoms with Crippen molar-refractivity contribution in [3.63, 3.8) is 0 Å². The summed E-state index contributed by atoms with van der Waals surface area (Å²) >= 11 is 0. The molecule has 1 aromatic heterocycles. The lowest BCUT2D eigenvalue weighted by atomic mass is 9.74. The third-order valence-corrected chi connectivity index (χ3v) is 6.63. The third kappa shape index (κ3) is 3.89. The van der Waals surface area contributed by atoms with Crippen molar-refractivity contribution in [3.8, 4) is 0 Å². The smallest absolute Gasteiger partial charge is 0.241 e. The molecular formula is C21H31N3O3. The van der Waals surface area contributed by atoms with E-state index in [0.717, 1.165) is 57.3 Å². The van der Waals surface area contributed by atoms with Crippen LogP contribution in [0.25, 0.3) is 0 Å². The zero-order valence-electron chi connectivity index (χ0n) is 16.0. The molecule has 6 heteroatoms. The zero-order valence-corrected chi connectivity index (χ0v) is 16.0. The Labute approximate surface area is 161 Å². The molecule has 3 aliphatic rings. The Hall–Kier alpha value is -1.50. The Morgan fingerprint density at radius 3 is 2.59 bits per heavy atom. The first-order valence-corrected chi connectivity index (χ1v) is 10.4. The number of nitrogens with zero attached hydrogens (tertiary/aromatic N) is 2. The van der Waals surface area contributed by atoms with Crippen LogP contribution in [0.1, 0.15) is 56.7 Å². The number of nitrogens with one attached hydrogen (secondary N) is 1. The van der Waals surface area contributed by atoms with Crippen LogP contribution in [0.4, 0.5) is 0 Å². The molecule has 27 heavy (non-hydrogen) atoms. The van der Waals surface area contributed by atoms with Gasteiger partial charge in [0.05, 0.1) is 31.1 Å². The minimum atomic E-state index is -0.419. The van der Waals surface area contributed by atoms with Crippen LogP contribution in [0.15, 0.2) is 24.4 Å². The normalized spacial score (nSPS) is 29.5. The maximum atomic E-state index is 13.6. The molecule has 1 aliphatic heterocycles. The Kier molecular flexibility index (Phi) is 5.76. The van der Waals surface area contributed by atoms with E-state index >= 15 is 0 Å². The van der Waals surface area contributed by atoms with Gasteiger partial charge in [0, 0.05) is 19.3 Å². The van der Waals surface area contributed by atoms with Crippen LogP contribution < -0.4 is 5.32 Å². The number of pyridine rings is 1. The average molecular weight is 373 g/mol. The Bertz CT molecular complexity index is 621. The number of morpholine rings is 1. The van der Waals surface area contributed by atoms with E-state index in [0.29, 0.717) is 13.2 Å². The molecule has 2 aliphatic carbocycles. The van der Waals surface area contributed by atoms with Crippen molar-refractivity contribution < 1.29 is 14.6 Å². The summed E-state index contributed by atoms with van der Waals surface area (Å²) in [6.45, 7) is 3.05. The second-order valence-electron chi connectivity index (χ2n) is 8.28. The summed E-state index contributed by atoms with van der Waals surface area (Å²) < 4.78 is 5.53. The van der Waals surface area contributed by atoms with E-state index in [4.69, 9.17) is 4.74 Å². The van der Waals surface area contributed by atoms with Crippen molar-refractivity contribution >= 4 is 5.91 Å². The lowest BCUT2D eigenvalue weighted by Crippen LogP contribution is -2.63. The van der Waals surface area contributed by atoms with Gasteiger partial charge >= 0.3 is 0 Å². The van der Waals surface area contributed by atoms with E-state index in [1.54, 1.807) is 6.20 Å². The zero-order chi connectivity index (χ0) is 18.7. The van der Waals surface area contributed by atoms with Crippen LogP contribution in [-0.4, -0.2) is 58.8 Å². The van der Waals surface area contributed by atoms with Gasteiger partial charge in [0.25, 0.3) is 0 Å². The molecule has 148 valence electrons. The number of carbonyl (C=O) groups is 1. The van der Waals surface area contributed by atoms with E-state index in [-0.39, 0.29) is 24.0 Å². The van der Waals surface area contributed by atoms with Gasteiger partial charge in [-0.25, -0.2) is 0 Å². The molecule has 6 nitrogen and oxygen atoms in total. The van der Waals surface area contributed by atoms with Crippen LogP contribution in [0.3, 0.4) is 0 Å². The highest BCUT2D eigenvalue weighted by Crippen LogP contribution is 2.40. The number of aliphatic hydroxyl groups excluding tert-OH is 1. The van der Waals surface area contributed by atoms with E-state index in [1.807, 2.05) is 18.2 Å². The molecule has 0 spiro atoms. The van der Waals surface area contributed by atoms with Crippen molar-refractivity contribution in [2.45, 2.75) is 62.6 Å². The number of amides is 1. The van der Waals surface area contributed by atoms with E-state index < -0.39 is 5.54 Å². The van der Waals surface area contributed by atoms with Gasteiger partial charge in [0.15, 0.2) is 0 Å². The van der Waals surface area contributed by atoms with Gasteiger partial charge in [-0.15, -0.1) is 0 Å². The summed E-state index contributed by atoms with van der Waals surface area (Å²) in [7, 11) is 0. The molecule has 2 saturated carbocycles. The van der Waals surface area contributed by atoms with Crippen molar-refractivity contribution in [1.29, 1.82) is 0 Å². The monoisotopic (exact) mass is 373 g/mol. The Morgan fingerprint density at radius 2 is 1.96 bits per heavy atom. The van der Waals surface area contributed by atoms with Gasteiger partial charge in [0.1, 0.15) is 5.54 Å². The van der Waals surface area contributed by atoms with Gasteiger partial charge in [-0.3, -0.25) is 14.7 Å². The molecule has 0 radical (unpaired) electrons. The fourth-order valence-corrected chi connectivity index (χ4v) is 4.99. The van der Waals surface area contributed by atoms with Crippen LogP contribution >= 0.6 is 0 Å². The highest BCUT2D eigenvalue weighted by Gasteiger charge is 2.47. The maximum absolute atomic E-state index is 13.6. The number of hydrogen-bond donors (Lipinski definition) is 2. The molecule has 0 unspecified atom stereocenters. The molecule has 1 atom stereocenters. The van der Waals surface area contributed by atoms with E-state index in [2.05, 4.69) is 15.2 Å². The number of carbonyl (C=O) groups excluding carboxylic acids is 1. The van der Waals surface area contributed by atoms with Crippen LogP contribution in [-0.2, 0) is 9.53 Å². The molecule has 0 bridgehead atoms. The second kappa shape index (κ2) is 8.25. The van der Waals surface area contributed by atoms with Crippen molar-refractivity contribution in [2.75, 3.05) is 26.3 Å². The first kappa shape index (κ1) is 18.8. The number of rotatable bonds is 5. The summed E-state index contributed by atoms with van der Waals surface area (Å²) in [5.41, 5.74) is 0.480. The molecule has 1 aromatic rings. The summed E-state index contributed by atoms with van der Waals surface area (Å²) in [5, 5.41) is 13.2. The summed E-state index contributed by atoms with van der Waals surface area (Å²) in [5.74, 6) is 0.394. The van der Waals surface area contributed by atoms with Gasteiger partial charge in [-0.05, 0) is 43.7 Å². The largest absolute Gasteiger partial charge is 0.393 e. The van der Waals surface area contributed by atoms with Crippen molar-refractivity contribution in [2.24, 2.45) is 5.92 Å². The lowest BCUT2D eigenvalue weighted by molar-refractivity contribution is -0.142. The highest BCUT2D eigenvalue weighted by molar-refractivity contribution is 5.87. The summed E-state index contributed by atoms with van der Waals surface area (Å²) in [6.07, 6.45) is 8.23. The third-order valence-electron chi connectivity index (χ3n) is 6.63. The number of hydrogen-bond acceptors (Lipinski definition) is 5. The molecule has 0 aromatic carbocycles. The van der Waals surface area contributed by atoms with Gasteiger partial charge < -0.3 is 15.2 Å². The lowest BCUT2D eigenvalue weighted by Gasteiger charge is -2.48. The molecule has 2 heterocycles. The molecule has 3 fully saturated rings. The maximum Gasteiger partial charge on any atom is 0.241 e. The number of ether oxygens (including phenoxy) is 1. The Morgan fingerprint density at radius 1 is 1.22 bits per heavy atom. The molecular weight excluding hydrogens is 342 g/mol. The van der Waals surface area contributed by atoms with Crippen LogP contribution in [0.2, 0.25) is 0 Å². The predicted octanol–water partition coefficient (Wildman–Crippen LogP) is 2.04. The molecule has 1 saturated heterocycles. The molecule has 2 N–H and O–H groups in total. The topological polar surface area (TPSA) is 74.7 Å². The summed E-state index contributed by atoms with van der Waals surface area (Å²) in [6, 6.07) is 5.73. The van der Waals surface area contributed by atoms with E-state index in [9.17, 15) is 9.90 Å². The second-order valence-corrected chi connectivity index (χ2v) is 8.28. The van der Waals surface area contributed by atoms with Crippen molar-refractivity contribution in [1.82, 2.24) is 15.2 Å². The standard InChI is InChI=1S/C21H31N3O3/c25-17-14-16(15-17)19(18-6-2-5-9-22-18)23-20(26)21(7-3-1-4-8-21)24-10-12-27-13-11-24/h2,5-6,9,16-17,19,25H,1,3-4,7-8,10-15H2,(H,23,26)/t16?,17?,19-/m1/s1. The first-order valence-electron chi connectivity index (χ1n) is 10.4. The first-order chi connectivity index (χ1) is 13.2. The van der Waals surface area contributed by atoms with Crippen LogP contribution in [0, 0.1) is 5.92 Å². The average Bonchev–Trinajstić information content (AvgIpc) is 2.71. The number of aliphatic hydroxyl groups is 1. The van der Waals surface area contributed by atoms with Gasteiger partial charge in [0.2, 0.25) is 5.91 Å².